The first-order valence-electron chi connectivity index (χ1n) is 3.62. The molecule has 2 aliphatic heterocycles. The molecule has 4 nitrogen and oxygen atoms in total. The van der Waals surface area contributed by atoms with Gasteiger partial charge in [-0.15, -0.1) is 0 Å². The molecule has 12 heavy (non-hydrogen) atoms. The first kappa shape index (κ1) is 7.67. The van der Waals surface area contributed by atoms with Crippen LogP contribution in [0.15, 0.2) is 15.6 Å². The highest BCUT2D eigenvalue weighted by Crippen LogP contribution is 2.35. The van der Waals surface area contributed by atoms with E-state index in [1.54, 1.807) is 6.92 Å². The van der Waals surface area contributed by atoms with E-state index in [0.717, 1.165) is 24.0 Å². The van der Waals surface area contributed by atoms with E-state index in [9.17, 15) is 9.90 Å². The number of aliphatic carboxylic acids is 1. The van der Waals surface area contributed by atoms with Gasteiger partial charge in [-0.25, -0.2) is 0 Å². The minimum Gasteiger partial charge on any atom is -0.544 e. The van der Waals surface area contributed by atoms with Crippen LogP contribution in [0.4, 0.5) is 0 Å². The van der Waals surface area contributed by atoms with Gasteiger partial charge in [0.15, 0.2) is 5.17 Å². The Morgan fingerprint density at radius 1 is 1.75 bits per heavy atom. The van der Waals surface area contributed by atoms with Crippen LogP contribution in [0.5, 0.6) is 0 Å². The Labute approximate surface area is 74.0 Å². The molecule has 0 unspecified atom stereocenters. The third-order valence-electron chi connectivity index (χ3n) is 1.91. The van der Waals surface area contributed by atoms with Crippen LogP contribution < -0.4 is 5.11 Å². The third-order valence-corrected chi connectivity index (χ3v) is 3.11. The molecule has 0 amide bonds. The SMILES string of the molecule is CC1=C(C(=O)[O-])SC2=NCCN21. The van der Waals surface area contributed by atoms with E-state index in [0.29, 0.717) is 4.91 Å². The molecule has 0 aromatic rings. The summed E-state index contributed by atoms with van der Waals surface area (Å²) >= 11 is 1.19. The summed E-state index contributed by atoms with van der Waals surface area (Å²) < 4.78 is 0. The highest BCUT2D eigenvalue weighted by atomic mass is 32.2. The molecule has 2 rings (SSSR count). The number of carboxylic acids is 1. The molecule has 0 radical (unpaired) electrons. The van der Waals surface area contributed by atoms with Gasteiger partial charge in [0.05, 0.1) is 17.4 Å². The Kier molecular flexibility index (Phi) is 1.61. The van der Waals surface area contributed by atoms with Crippen LogP contribution in [0.25, 0.3) is 0 Å². The summed E-state index contributed by atoms with van der Waals surface area (Å²) in [6, 6.07) is 0. The molecule has 0 saturated heterocycles. The average Bonchev–Trinajstić information content (AvgIpc) is 2.53. The molecule has 0 aliphatic carbocycles. The maximum atomic E-state index is 10.6. The van der Waals surface area contributed by atoms with Crippen LogP contribution in [-0.4, -0.2) is 29.1 Å². The lowest BCUT2D eigenvalue weighted by atomic mass is 10.4. The van der Waals surface area contributed by atoms with Crippen LogP contribution in [0.3, 0.4) is 0 Å². The molecule has 0 spiro atoms. The summed E-state index contributed by atoms with van der Waals surface area (Å²) in [5.41, 5.74) is 0.760. The van der Waals surface area contributed by atoms with Crippen LogP contribution in [0, 0.1) is 0 Å². The number of nitrogens with zero attached hydrogens (tertiary/aromatic N) is 2. The first-order chi connectivity index (χ1) is 5.70. The van der Waals surface area contributed by atoms with Crippen LogP contribution >= 0.6 is 11.8 Å². The van der Waals surface area contributed by atoms with E-state index in [4.69, 9.17) is 0 Å². The Bertz CT molecular complexity index is 309. The number of fused-ring (bicyclic) bond motifs is 1. The van der Waals surface area contributed by atoms with E-state index in [2.05, 4.69) is 4.99 Å². The number of hydrogen-bond donors (Lipinski definition) is 0. The normalized spacial score (nSPS) is 21.4. The molecule has 2 aliphatic rings. The van der Waals surface area contributed by atoms with Crippen LogP contribution in [-0.2, 0) is 4.79 Å². The highest BCUT2D eigenvalue weighted by molar-refractivity contribution is 8.18. The van der Waals surface area contributed by atoms with Gasteiger partial charge >= 0.3 is 0 Å². The second-order valence-corrected chi connectivity index (χ2v) is 3.60. The van der Waals surface area contributed by atoms with Gasteiger partial charge in [-0.3, -0.25) is 4.99 Å². The van der Waals surface area contributed by atoms with Crippen molar-refractivity contribution < 1.29 is 9.90 Å². The second-order valence-electron chi connectivity index (χ2n) is 2.62. The standard InChI is InChI=1S/C7H8N2O2S/c1-4-5(6(10)11)12-7-8-2-3-9(4)7/h2-3H2,1H3,(H,10,11)/p-1. The van der Waals surface area contributed by atoms with Gasteiger partial charge in [-0.2, -0.15) is 0 Å². The molecule has 0 aromatic heterocycles. The molecule has 0 N–H and O–H groups in total. The molecular formula is C7H7N2O2S-. The van der Waals surface area contributed by atoms with Gasteiger partial charge < -0.3 is 14.8 Å². The van der Waals surface area contributed by atoms with Crippen LogP contribution in [0.1, 0.15) is 6.92 Å². The summed E-state index contributed by atoms with van der Waals surface area (Å²) in [4.78, 5) is 16.9. The summed E-state index contributed by atoms with van der Waals surface area (Å²) in [6.07, 6.45) is 0. The zero-order valence-corrected chi connectivity index (χ0v) is 7.35. The van der Waals surface area contributed by atoms with Crippen molar-refractivity contribution in [2.24, 2.45) is 4.99 Å². The van der Waals surface area contributed by atoms with Gasteiger partial charge in [0.25, 0.3) is 0 Å². The predicted molar refractivity (Wildman–Crippen MR) is 44.3 cm³/mol. The molecule has 2 heterocycles. The van der Waals surface area contributed by atoms with Crippen molar-refractivity contribution >= 4 is 22.9 Å². The third kappa shape index (κ3) is 0.929. The number of rotatable bonds is 1. The van der Waals surface area contributed by atoms with Gasteiger partial charge in [0, 0.05) is 12.2 Å². The summed E-state index contributed by atoms with van der Waals surface area (Å²) in [5.74, 6) is -1.10. The lowest BCUT2D eigenvalue weighted by Crippen LogP contribution is -2.24. The monoisotopic (exact) mass is 183 g/mol. The van der Waals surface area contributed by atoms with Crippen molar-refractivity contribution in [2.45, 2.75) is 6.92 Å². The minimum atomic E-state index is -1.10. The highest BCUT2D eigenvalue weighted by Gasteiger charge is 2.29. The van der Waals surface area contributed by atoms with E-state index >= 15 is 0 Å². The van der Waals surface area contributed by atoms with Crippen molar-refractivity contribution in [2.75, 3.05) is 13.1 Å². The molecule has 0 atom stereocenters. The minimum absolute atomic E-state index is 0.299. The van der Waals surface area contributed by atoms with Gasteiger partial charge in [0.1, 0.15) is 0 Å². The molecule has 0 aromatic carbocycles. The molecule has 0 bridgehead atoms. The zero-order chi connectivity index (χ0) is 8.72. The predicted octanol–water partition coefficient (Wildman–Crippen LogP) is -0.614. The van der Waals surface area contributed by atoms with E-state index in [-0.39, 0.29) is 0 Å². The maximum Gasteiger partial charge on any atom is 0.168 e. The average molecular weight is 183 g/mol. The number of carbonyl (C=O) groups excluding carboxylic acids is 1. The Balaban J connectivity index is 2.33. The molecule has 0 saturated carbocycles. The second kappa shape index (κ2) is 2.52. The number of carboxylic acid groups (broad SMARTS) is 1. The van der Waals surface area contributed by atoms with Crippen molar-refractivity contribution in [3.8, 4) is 0 Å². The smallest absolute Gasteiger partial charge is 0.168 e. The Hall–Kier alpha value is -0.970. The summed E-state index contributed by atoms with van der Waals surface area (Å²) in [5, 5.41) is 11.4. The molecule has 0 fully saturated rings. The molecule has 5 heteroatoms. The number of hydrogen-bond acceptors (Lipinski definition) is 5. The topological polar surface area (TPSA) is 55.7 Å². The van der Waals surface area contributed by atoms with Crippen molar-refractivity contribution in [1.82, 2.24) is 4.90 Å². The number of amidine groups is 1. The van der Waals surface area contributed by atoms with E-state index in [1.165, 1.54) is 11.8 Å². The number of allylic oxidation sites excluding steroid dienone is 1. The zero-order valence-electron chi connectivity index (χ0n) is 6.53. The van der Waals surface area contributed by atoms with Crippen LogP contribution in [0.2, 0.25) is 0 Å². The number of aliphatic imine (C=N–C) groups is 1. The summed E-state index contributed by atoms with van der Waals surface area (Å²) in [6.45, 7) is 3.34. The van der Waals surface area contributed by atoms with Gasteiger partial charge in [0.2, 0.25) is 0 Å². The van der Waals surface area contributed by atoms with Crippen molar-refractivity contribution in [3.63, 3.8) is 0 Å². The van der Waals surface area contributed by atoms with Crippen molar-refractivity contribution in [3.05, 3.63) is 10.6 Å². The molecular weight excluding hydrogens is 176 g/mol. The van der Waals surface area contributed by atoms with Gasteiger partial charge in [-0.1, -0.05) is 0 Å². The maximum absolute atomic E-state index is 10.6. The molecule has 64 valence electrons. The fraction of sp³-hybridized carbons (Fsp3) is 0.429. The largest absolute Gasteiger partial charge is 0.544 e. The fourth-order valence-corrected chi connectivity index (χ4v) is 2.32. The quantitative estimate of drug-likeness (QED) is 0.544. The number of thioether (sulfide) groups is 1. The summed E-state index contributed by atoms with van der Waals surface area (Å²) in [7, 11) is 0. The fourth-order valence-electron chi connectivity index (χ4n) is 1.30. The lowest BCUT2D eigenvalue weighted by molar-refractivity contribution is -0.298. The Morgan fingerprint density at radius 2 is 2.50 bits per heavy atom. The van der Waals surface area contributed by atoms with Crippen molar-refractivity contribution in [1.29, 1.82) is 0 Å². The number of carbonyl (C=O) groups is 1. The lowest BCUT2D eigenvalue weighted by Gasteiger charge is -2.12. The van der Waals surface area contributed by atoms with Gasteiger partial charge in [-0.05, 0) is 18.7 Å². The van der Waals surface area contributed by atoms with E-state index in [1.807, 2.05) is 4.90 Å². The van der Waals surface area contributed by atoms with E-state index < -0.39 is 5.97 Å². The first-order valence-corrected chi connectivity index (χ1v) is 4.44. The Morgan fingerprint density at radius 3 is 3.08 bits per heavy atom.